The number of rotatable bonds is 14. The third-order valence-corrected chi connectivity index (χ3v) is 10.3. The Labute approximate surface area is 334 Å². The molecule has 1 aromatic heterocycles. The van der Waals surface area contributed by atoms with E-state index >= 15 is 0 Å². The second-order valence-corrected chi connectivity index (χ2v) is 14.1. The fourth-order valence-electron chi connectivity index (χ4n) is 7.16. The van der Waals surface area contributed by atoms with E-state index in [-0.39, 0.29) is 59.9 Å². The third-order valence-electron chi connectivity index (χ3n) is 10.3. The lowest BCUT2D eigenvalue weighted by atomic mass is 10.0. The summed E-state index contributed by atoms with van der Waals surface area (Å²) in [5.74, 6) is -0.999. The van der Waals surface area contributed by atoms with Crippen LogP contribution in [0.25, 0.3) is 0 Å². The first kappa shape index (κ1) is 39.1. The standard InChI is InChI=1S/C42H42N8O8/c1-24-16-19-31(38(53)45-24)50-40(55)28-13-10-15-33(35(28)41(50)56)58-23-26(51)11-6-5-9-20-43-37(52)25-17-18-29(34(21-25)57-4)46-42-44-22-32-36(47-42)48(2)30-14-8-7-12-27(30)39(54)49(32)3/h7-8,10,12-15,17-18,21-22,31H,1,5-6,9,11,16,19-20,23H2,2-4H3,(H,43,52)(H,45,53)(H,44,46,47). The van der Waals surface area contributed by atoms with Crippen LogP contribution in [-0.4, -0.2) is 90.6 Å². The Morgan fingerprint density at radius 2 is 1.69 bits per heavy atom. The molecule has 58 heavy (non-hydrogen) atoms. The molecule has 1 atom stereocenters. The molecule has 3 aliphatic rings. The number of fused-ring (bicyclic) bond motifs is 3. The number of hydrogen-bond acceptors (Lipinski definition) is 12. The first-order chi connectivity index (χ1) is 28.0. The summed E-state index contributed by atoms with van der Waals surface area (Å²) in [5.41, 5.74) is 3.44. The molecule has 7 rings (SSSR count). The van der Waals surface area contributed by atoms with E-state index in [9.17, 15) is 28.8 Å². The minimum absolute atomic E-state index is 0.0446. The maximum atomic E-state index is 13.3. The van der Waals surface area contributed by atoms with Gasteiger partial charge in [0.25, 0.3) is 23.6 Å². The van der Waals surface area contributed by atoms with Gasteiger partial charge in [-0.25, -0.2) is 4.98 Å². The van der Waals surface area contributed by atoms with Crippen LogP contribution in [-0.2, 0) is 9.59 Å². The molecule has 5 amide bonds. The highest BCUT2D eigenvalue weighted by molar-refractivity contribution is 6.24. The van der Waals surface area contributed by atoms with Crippen LogP contribution in [0.1, 0.15) is 80.0 Å². The maximum absolute atomic E-state index is 13.3. The molecule has 4 aromatic rings. The second-order valence-electron chi connectivity index (χ2n) is 14.1. The Morgan fingerprint density at radius 1 is 0.897 bits per heavy atom. The summed E-state index contributed by atoms with van der Waals surface area (Å²) in [5, 5.41) is 8.67. The van der Waals surface area contributed by atoms with E-state index in [0.29, 0.717) is 72.0 Å². The van der Waals surface area contributed by atoms with Crippen LogP contribution in [0.4, 0.5) is 28.8 Å². The molecule has 1 unspecified atom stereocenters. The number of Topliss-reactive ketones (excluding diaryl/α,β-unsaturated/α-hetero) is 1. The third kappa shape index (κ3) is 7.68. The highest BCUT2D eigenvalue weighted by Crippen LogP contribution is 2.39. The molecule has 0 saturated carbocycles. The van der Waals surface area contributed by atoms with Gasteiger partial charge >= 0.3 is 0 Å². The van der Waals surface area contributed by atoms with Crippen LogP contribution in [0.5, 0.6) is 11.5 Å². The molecule has 4 heterocycles. The van der Waals surface area contributed by atoms with Gasteiger partial charge in [-0.15, -0.1) is 0 Å². The first-order valence-corrected chi connectivity index (χ1v) is 18.8. The number of unbranched alkanes of at least 4 members (excludes halogenated alkanes) is 2. The van der Waals surface area contributed by atoms with Gasteiger partial charge in [0.05, 0.1) is 41.4 Å². The Kier molecular flexibility index (Phi) is 11.2. The fourth-order valence-corrected chi connectivity index (χ4v) is 7.16. The number of nitrogens with one attached hydrogen (secondary N) is 3. The second kappa shape index (κ2) is 16.6. The van der Waals surface area contributed by atoms with Crippen LogP contribution >= 0.6 is 0 Å². The molecule has 0 radical (unpaired) electrons. The minimum Gasteiger partial charge on any atom is -0.495 e. The van der Waals surface area contributed by atoms with E-state index < -0.39 is 23.8 Å². The van der Waals surface area contributed by atoms with E-state index in [1.807, 2.05) is 30.1 Å². The maximum Gasteiger partial charge on any atom is 0.266 e. The van der Waals surface area contributed by atoms with E-state index in [4.69, 9.17) is 14.5 Å². The number of allylic oxidation sites excluding steroid dienone is 1. The monoisotopic (exact) mass is 786 g/mol. The minimum atomic E-state index is -0.948. The number of imide groups is 1. The zero-order valence-corrected chi connectivity index (χ0v) is 32.3. The van der Waals surface area contributed by atoms with Gasteiger partial charge in [0.1, 0.15) is 29.8 Å². The zero-order valence-electron chi connectivity index (χ0n) is 32.3. The predicted octanol–water partition coefficient (Wildman–Crippen LogP) is 4.91. The van der Waals surface area contributed by atoms with Gasteiger partial charge in [0.15, 0.2) is 11.6 Å². The van der Waals surface area contributed by atoms with Crippen LogP contribution < -0.4 is 35.2 Å². The van der Waals surface area contributed by atoms with Crippen molar-refractivity contribution in [2.24, 2.45) is 0 Å². The average Bonchev–Trinajstić information content (AvgIpc) is 3.45. The first-order valence-electron chi connectivity index (χ1n) is 18.8. The van der Waals surface area contributed by atoms with Gasteiger partial charge in [-0.05, 0) is 68.1 Å². The number of ether oxygens (including phenoxy) is 2. The predicted molar refractivity (Wildman–Crippen MR) is 214 cm³/mol. The fraction of sp³-hybridized carbons (Fsp3) is 0.286. The van der Waals surface area contributed by atoms with Crippen LogP contribution in [0, 0.1) is 0 Å². The number of benzene rings is 3. The van der Waals surface area contributed by atoms with E-state index in [0.717, 1.165) is 10.6 Å². The molecule has 1 saturated heterocycles. The smallest absolute Gasteiger partial charge is 0.266 e. The molecule has 1 fully saturated rings. The molecule has 0 spiro atoms. The number of hydrogen-bond donors (Lipinski definition) is 3. The summed E-state index contributed by atoms with van der Waals surface area (Å²) >= 11 is 0. The van der Waals surface area contributed by atoms with E-state index in [1.165, 1.54) is 24.1 Å². The van der Waals surface area contributed by atoms with Gasteiger partial charge in [-0.1, -0.05) is 31.2 Å². The van der Waals surface area contributed by atoms with Crippen molar-refractivity contribution in [3.05, 3.63) is 101 Å². The quantitative estimate of drug-likeness (QED) is 0.116. The van der Waals surface area contributed by atoms with Gasteiger partial charge in [-0.3, -0.25) is 33.7 Å². The number of aromatic nitrogens is 2. The van der Waals surface area contributed by atoms with Crippen molar-refractivity contribution in [1.29, 1.82) is 0 Å². The molecule has 16 heteroatoms. The van der Waals surface area contributed by atoms with E-state index in [1.54, 1.807) is 43.6 Å². The Balaban J connectivity index is 0.868. The van der Waals surface area contributed by atoms with Crippen LogP contribution in [0.2, 0.25) is 0 Å². The molecule has 0 aliphatic carbocycles. The molecule has 16 nitrogen and oxygen atoms in total. The zero-order chi connectivity index (χ0) is 41.1. The van der Waals surface area contributed by atoms with Gasteiger partial charge in [0, 0.05) is 38.3 Å². The molecule has 3 N–H and O–H groups in total. The Bertz CT molecular complexity index is 2360. The summed E-state index contributed by atoms with van der Waals surface area (Å²) in [4.78, 5) is 91.2. The number of nitrogens with zero attached hydrogens (tertiary/aromatic N) is 5. The normalized spacial score (nSPS) is 15.9. The van der Waals surface area contributed by atoms with Crippen LogP contribution in [0.3, 0.4) is 0 Å². The topological polar surface area (TPSA) is 192 Å². The lowest BCUT2D eigenvalue weighted by Gasteiger charge is -2.29. The summed E-state index contributed by atoms with van der Waals surface area (Å²) in [6.07, 6.45) is 4.40. The number of carbonyl (C=O) groups excluding carboxylic acids is 6. The Morgan fingerprint density at radius 3 is 2.48 bits per heavy atom. The lowest BCUT2D eigenvalue weighted by Crippen LogP contribution is -2.51. The van der Waals surface area contributed by atoms with Crippen LogP contribution in [0.15, 0.2) is 79.1 Å². The molecular weight excluding hydrogens is 745 g/mol. The number of piperidine rings is 1. The highest BCUT2D eigenvalue weighted by Gasteiger charge is 2.45. The molecule has 3 aromatic carbocycles. The number of anilines is 5. The summed E-state index contributed by atoms with van der Waals surface area (Å²) < 4.78 is 11.3. The number of ketones is 1. The van der Waals surface area contributed by atoms with Crippen molar-refractivity contribution in [3.63, 3.8) is 0 Å². The summed E-state index contributed by atoms with van der Waals surface area (Å²) in [7, 11) is 5.01. The number of methoxy groups -OCH3 is 1. The van der Waals surface area contributed by atoms with Crippen molar-refractivity contribution in [1.82, 2.24) is 25.5 Å². The van der Waals surface area contributed by atoms with Gasteiger partial charge < -0.3 is 35.2 Å². The summed E-state index contributed by atoms with van der Waals surface area (Å²) in [6.45, 7) is 3.85. The van der Waals surface area contributed by atoms with Crippen molar-refractivity contribution < 1.29 is 38.2 Å². The van der Waals surface area contributed by atoms with Crippen molar-refractivity contribution in [2.75, 3.05) is 49.5 Å². The van der Waals surface area contributed by atoms with Crippen molar-refractivity contribution in [3.8, 4) is 11.5 Å². The van der Waals surface area contributed by atoms with Crippen molar-refractivity contribution in [2.45, 2.75) is 44.6 Å². The molecule has 0 bridgehead atoms. The molecule has 3 aliphatic heterocycles. The largest absolute Gasteiger partial charge is 0.495 e. The number of amides is 5. The van der Waals surface area contributed by atoms with Gasteiger partial charge in [0.2, 0.25) is 11.9 Å². The number of carbonyl (C=O) groups is 6. The average molecular weight is 787 g/mol. The van der Waals surface area contributed by atoms with E-state index in [2.05, 4.69) is 27.5 Å². The van der Waals surface area contributed by atoms with Crippen molar-refractivity contribution >= 4 is 64.1 Å². The summed E-state index contributed by atoms with van der Waals surface area (Å²) in [6, 6.07) is 15.9. The van der Waals surface area contributed by atoms with Gasteiger partial charge in [-0.2, -0.15) is 4.98 Å². The highest BCUT2D eigenvalue weighted by atomic mass is 16.5. The number of para-hydroxylation sites is 1. The molecular formula is C42H42N8O8. The molecule has 298 valence electrons. The Hall–Kier alpha value is -7.10. The lowest BCUT2D eigenvalue weighted by molar-refractivity contribution is -0.125. The SMILES string of the molecule is C=C1CCC(N2C(=O)c3cccc(OCC(=O)CCCCCNC(=O)c4ccc(Nc5ncc6c(n5)N(C)c5ccccc5C(=O)N6C)c(OC)c4)c3C2=O)C(=O)N1.